The maximum Gasteiger partial charge on any atom is 0.337 e. The Kier molecular flexibility index (Phi) is 9.49. The van der Waals surface area contributed by atoms with Gasteiger partial charge in [-0.25, -0.2) is 9.59 Å². The van der Waals surface area contributed by atoms with Gasteiger partial charge in [0.25, 0.3) is 0 Å². The van der Waals surface area contributed by atoms with Crippen molar-refractivity contribution in [1.82, 2.24) is 5.32 Å². The second-order valence-corrected chi connectivity index (χ2v) is 7.39. The van der Waals surface area contributed by atoms with E-state index in [9.17, 15) is 24.6 Å². The Hall–Kier alpha value is -2.90. The number of amides is 1. The molecule has 0 heterocycles. The van der Waals surface area contributed by atoms with E-state index in [-0.39, 0.29) is 30.9 Å². The quantitative estimate of drug-likeness (QED) is 0.456. The normalized spacial score (nSPS) is 12.6. The number of ether oxygens (including phenoxy) is 1. The second kappa shape index (κ2) is 12.1. The highest BCUT2D eigenvalue weighted by Crippen LogP contribution is 2.18. The van der Waals surface area contributed by atoms with Crippen molar-refractivity contribution in [3.8, 4) is 0 Å². The van der Waals surface area contributed by atoms with Gasteiger partial charge in [0.1, 0.15) is 0 Å². The number of aliphatic hydroxyl groups excluding tert-OH is 1. The zero-order valence-corrected chi connectivity index (χ0v) is 18.0. The summed E-state index contributed by atoms with van der Waals surface area (Å²) in [6.07, 6.45) is -0.487. The van der Waals surface area contributed by atoms with Gasteiger partial charge in [0.2, 0.25) is 5.91 Å². The fraction of sp³-hybridized carbons (Fsp3) is 0.348. The van der Waals surface area contributed by atoms with E-state index in [0.29, 0.717) is 29.0 Å². The van der Waals surface area contributed by atoms with E-state index in [0.717, 1.165) is 0 Å². The molecule has 0 unspecified atom stereocenters. The summed E-state index contributed by atoms with van der Waals surface area (Å²) in [6.45, 7) is 1.73. The third-order valence-corrected chi connectivity index (χ3v) is 5.12. The topological polar surface area (TPSA) is 113 Å². The molecule has 7 nitrogen and oxygen atoms in total. The lowest BCUT2D eigenvalue weighted by atomic mass is 9.99. The molecule has 0 radical (unpaired) electrons. The predicted octanol–water partition coefficient (Wildman–Crippen LogP) is 3.01. The molecule has 0 aliphatic rings. The van der Waals surface area contributed by atoms with Crippen LogP contribution in [0, 0.1) is 0 Å². The Balaban J connectivity index is 2.02. The lowest BCUT2D eigenvalue weighted by Gasteiger charge is -2.23. The Morgan fingerprint density at radius 3 is 2.35 bits per heavy atom. The van der Waals surface area contributed by atoms with Gasteiger partial charge < -0.3 is 20.3 Å². The number of carbonyl (C=O) groups excluding carboxylic acids is 2. The predicted molar refractivity (Wildman–Crippen MR) is 116 cm³/mol. The Morgan fingerprint density at radius 2 is 1.71 bits per heavy atom. The molecule has 0 bridgehead atoms. The van der Waals surface area contributed by atoms with E-state index in [1.807, 2.05) is 0 Å². The molecule has 166 valence electrons. The van der Waals surface area contributed by atoms with Crippen molar-refractivity contribution in [3.63, 3.8) is 0 Å². The molecule has 0 aliphatic carbocycles. The van der Waals surface area contributed by atoms with Crippen LogP contribution in [0.4, 0.5) is 0 Å². The number of aryl methyl sites for hydroxylation is 1. The molecule has 0 saturated heterocycles. The number of hydrogen-bond donors (Lipinski definition) is 3. The van der Waals surface area contributed by atoms with E-state index >= 15 is 0 Å². The van der Waals surface area contributed by atoms with Crippen LogP contribution in [0.5, 0.6) is 0 Å². The number of aromatic carboxylic acids is 1. The largest absolute Gasteiger partial charge is 0.478 e. The third-order valence-electron chi connectivity index (χ3n) is 4.75. The van der Waals surface area contributed by atoms with Crippen LogP contribution < -0.4 is 5.32 Å². The zero-order chi connectivity index (χ0) is 22.8. The molecule has 0 fully saturated rings. The molecule has 2 atom stereocenters. The molecule has 31 heavy (non-hydrogen) atoms. The first-order valence-corrected chi connectivity index (χ1v) is 10.4. The van der Waals surface area contributed by atoms with Crippen LogP contribution in [0.15, 0.2) is 48.5 Å². The number of hydrogen-bond acceptors (Lipinski definition) is 5. The average molecular weight is 448 g/mol. The zero-order valence-electron chi connectivity index (χ0n) is 17.2. The van der Waals surface area contributed by atoms with Gasteiger partial charge in [-0.05, 0) is 49.4 Å². The highest BCUT2D eigenvalue weighted by Gasteiger charge is 2.29. The number of rotatable bonds is 11. The second-order valence-electron chi connectivity index (χ2n) is 6.98. The molecular formula is C23H26ClNO6. The molecule has 2 aromatic rings. The lowest BCUT2D eigenvalue weighted by Crippen LogP contribution is -2.48. The highest BCUT2D eigenvalue weighted by molar-refractivity contribution is 6.31. The third kappa shape index (κ3) is 7.38. The van der Waals surface area contributed by atoms with Gasteiger partial charge in [0.15, 0.2) is 6.10 Å². The minimum atomic E-state index is -1.55. The van der Waals surface area contributed by atoms with Crippen molar-refractivity contribution >= 4 is 29.4 Å². The van der Waals surface area contributed by atoms with E-state index in [1.165, 1.54) is 6.07 Å². The summed E-state index contributed by atoms with van der Waals surface area (Å²) >= 11 is 6.18. The number of halogens is 1. The number of benzene rings is 2. The highest BCUT2D eigenvalue weighted by atomic mass is 35.5. The van der Waals surface area contributed by atoms with Crippen LogP contribution in [0.25, 0.3) is 0 Å². The van der Waals surface area contributed by atoms with Crippen LogP contribution in [-0.2, 0) is 27.2 Å². The molecule has 2 rings (SSSR count). The van der Waals surface area contributed by atoms with Crippen LogP contribution in [0.2, 0.25) is 5.02 Å². The number of nitrogens with one attached hydrogen (secondary N) is 1. The van der Waals surface area contributed by atoms with E-state index in [1.54, 1.807) is 49.4 Å². The summed E-state index contributed by atoms with van der Waals surface area (Å²) < 4.78 is 4.88. The standard InChI is InChI=1S/C23H26ClNO6/c1-2-31-23(30)21(27)19(14-16-9-4-6-12-18(16)24)25-20(26)13-7-10-15-8-3-5-11-17(15)22(28)29/h3-6,8-9,11-12,19,21,27H,2,7,10,13-14H2,1H3,(H,25,26)(H,28,29)/t19-,21-/m1/s1. The molecule has 0 aliphatic heterocycles. The SMILES string of the molecule is CCOC(=O)[C@H](O)[C@@H](Cc1ccccc1Cl)NC(=O)CCCc1ccccc1C(=O)O. The minimum Gasteiger partial charge on any atom is -0.478 e. The summed E-state index contributed by atoms with van der Waals surface area (Å²) in [4.78, 5) is 35.8. The number of carbonyl (C=O) groups is 3. The van der Waals surface area contributed by atoms with Gasteiger partial charge in [-0.1, -0.05) is 48.0 Å². The van der Waals surface area contributed by atoms with Crippen LogP contribution >= 0.6 is 11.6 Å². The van der Waals surface area contributed by atoms with Gasteiger partial charge in [-0.2, -0.15) is 0 Å². The smallest absolute Gasteiger partial charge is 0.337 e. The Morgan fingerprint density at radius 1 is 1.06 bits per heavy atom. The fourth-order valence-corrected chi connectivity index (χ4v) is 3.41. The van der Waals surface area contributed by atoms with Crippen LogP contribution in [0.3, 0.4) is 0 Å². The first kappa shape index (κ1) is 24.4. The van der Waals surface area contributed by atoms with E-state index in [4.69, 9.17) is 16.3 Å². The van der Waals surface area contributed by atoms with E-state index in [2.05, 4.69) is 5.32 Å². The summed E-state index contributed by atoms with van der Waals surface area (Å²) in [7, 11) is 0. The minimum absolute atomic E-state index is 0.0997. The lowest BCUT2D eigenvalue weighted by molar-refractivity contribution is -0.154. The number of aliphatic hydroxyl groups is 1. The number of carboxylic acid groups (broad SMARTS) is 1. The van der Waals surface area contributed by atoms with Crippen LogP contribution in [0.1, 0.15) is 41.3 Å². The van der Waals surface area contributed by atoms with Gasteiger partial charge in [-0.15, -0.1) is 0 Å². The first-order valence-electron chi connectivity index (χ1n) is 10.0. The molecule has 8 heteroatoms. The average Bonchev–Trinajstić information content (AvgIpc) is 2.74. The van der Waals surface area contributed by atoms with Crippen molar-refractivity contribution in [2.24, 2.45) is 0 Å². The van der Waals surface area contributed by atoms with Crippen molar-refractivity contribution in [1.29, 1.82) is 0 Å². The summed E-state index contributed by atoms with van der Waals surface area (Å²) in [6, 6.07) is 12.7. The van der Waals surface area contributed by atoms with Gasteiger partial charge in [0.05, 0.1) is 18.2 Å². The molecule has 0 saturated carbocycles. The monoisotopic (exact) mass is 447 g/mol. The van der Waals surface area contributed by atoms with E-state index < -0.39 is 24.1 Å². The van der Waals surface area contributed by atoms with Gasteiger partial charge in [-0.3, -0.25) is 4.79 Å². The van der Waals surface area contributed by atoms with Crippen molar-refractivity contribution < 1.29 is 29.3 Å². The number of carboxylic acids is 1. The molecule has 0 spiro atoms. The Labute approximate surface area is 186 Å². The summed E-state index contributed by atoms with van der Waals surface area (Å²) in [5.74, 6) is -2.21. The maximum absolute atomic E-state index is 12.5. The van der Waals surface area contributed by atoms with Crippen molar-refractivity contribution in [2.75, 3.05) is 6.61 Å². The molecule has 1 amide bonds. The van der Waals surface area contributed by atoms with Gasteiger partial charge in [0, 0.05) is 11.4 Å². The summed E-state index contributed by atoms with van der Waals surface area (Å²) in [5, 5.41) is 22.8. The molecular weight excluding hydrogens is 422 g/mol. The number of esters is 1. The van der Waals surface area contributed by atoms with Crippen LogP contribution in [-0.4, -0.2) is 46.8 Å². The van der Waals surface area contributed by atoms with Gasteiger partial charge >= 0.3 is 11.9 Å². The maximum atomic E-state index is 12.5. The van der Waals surface area contributed by atoms with Crippen molar-refractivity contribution in [2.45, 2.75) is 44.8 Å². The molecule has 3 N–H and O–H groups in total. The first-order chi connectivity index (χ1) is 14.8. The van der Waals surface area contributed by atoms with Crippen molar-refractivity contribution in [3.05, 3.63) is 70.2 Å². The molecule has 0 aromatic heterocycles. The Bertz CT molecular complexity index is 916. The fourth-order valence-electron chi connectivity index (χ4n) is 3.20. The summed E-state index contributed by atoms with van der Waals surface area (Å²) in [5.41, 5.74) is 1.52. The molecule has 2 aromatic carbocycles.